The zero-order chi connectivity index (χ0) is 25.9. The highest BCUT2D eigenvalue weighted by Gasteiger charge is 2.24. The van der Waals surface area contributed by atoms with Crippen LogP contribution in [0.25, 0.3) is 22.4 Å². The van der Waals surface area contributed by atoms with Gasteiger partial charge in [0.25, 0.3) is 5.91 Å². The van der Waals surface area contributed by atoms with E-state index < -0.39 is 11.9 Å². The maximum Gasteiger partial charge on any atom is 0.338 e. The molecule has 1 heterocycles. The molecule has 37 heavy (non-hydrogen) atoms. The third-order valence-corrected chi connectivity index (χ3v) is 6.69. The van der Waals surface area contributed by atoms with E-state index in [0.717, 1.165) is 42.6 Å². The van der Waals surface area contributed by atoms with Gasteiger partial charge in [-0.25, -0.2) is 14.6 Å². The van der Waals surface area contributed by atoms with Crippen molar-refractivity contribution in [1.82, 2.24) is 9.55 Å². The maximum absolute atomic E-state index is 12.8. The van der Waals surface area contributed by atoms with E-state index in [1.165, 1.54) is 0 Å². The first kappa shape index (κ1) is 24.2. The summed E-state index contributed by atoms with van der Waals surface area (Å²) in [5, 5.41) is 12.2. The van der Waals surface area contributed by atoms with Crippen LogP contribution >= 0.6 is 0 Å². The molecule has 4 aromatic rings. The number of aromatic carboxylic acids is 1. The number of carboxylic acids is 1. The fraction of sp³-hybridized carbons (Fsp3) is 0.241. The van der Waals surface area contributed by atoms with Crippen molar-refractivity contribution in [3.8, 4) is 11.4 Å². The second kappa shape index (κ2) is 10.3. The lowest BCUT2D eigenvalue weighted by Crippen LogP contribution is -2.12. The van der Waals surface area contributed by atoms with Gasteiger partial charge in [0.15, 0.2) is 0 Å². The number of nitrogens with zero attached hydrogens (tertiary/aromatic N) is 2. The first-order valence-corrected chi connectivity index (χ1v) is 12.4. The quantitative estimate of drug-likeness (QED) is 0.306. The van der Waals surface area contributed by atoms with Crippen molar-refractivity contribution < 1.29 is 24.2 Å². The highest BCUT2D eigenvalue weighted by Crippen LogP contribution is 2.37. The highest BCUT2D eigenvalue weighted by molar-refractivity contribution is 6.04. The number of amides is 1. The van der Waals surface area contributed by atoms with Crippen molar-refractivity contribution in [1.29, 1.82) is 0 Å². The van der Waals surface area contributed by atoms with E-state index in [9.17, 15) is 19.5 Å². The Labute approximate surface area is 213 Å². The van der Waals surface area contributed by atoms with Crippen LogP contribution in [0.1, 0.15) is 69.7 Å². The molecule has 2 N–H and O–H groups in total. The zero-order valence-electron chi connectivity index (χ0n) is 20.4. The topological polar surface area (TPSA) is 111 Å². The van der Waals surface area contributed by atoms with E-state index in [1.54, 1.807) is 55.5 Å². The van der Waals surface area contributed by atoms with Gasteiger partial charge in [-0.1, -0.05) is 25.0 Å². The minimum Gasteiger partial charge on any atom is -0.478 e. The molecule has 5 rings (SSSR count). The normalized spacial score (nSPS) is 13.5. The molecule has 1 aliphatic carbocycles. The number of rotatable bonds is 7. The van der Waals surface area contributed by atoms with Crippen molar-refractivity contribution in [3.05, 3.63) is 83.4 Å². The number of aromatic nitrogens is 2. The van der Waals surface area contributed by atoms with Gasteiger partial charge >= 0.3 is 11.9 Å². The number of hydrogen-bond donors (Lipinski definition) is 2. The van der Waals surface area contributed by atoms with Gasteiger partial charge in [0, 0.05) is 22.9 Å². The van der Waals surface area contributed by atoms with Gasteiger partial charge in [0.2, 0.25) is 0 Å². The highest BCUT2D eigenvalue weighted by atomic mass is 16.5. The molecule has 188 valence electrons. The Morgan fingerprint density at radius 1 is 0.946 bits per heavy atom. The molecule has 0 atom stereocenters. The molecule has 1 aromatic heterocycles. The number of fused-ring (bicyclic) bond motifs is 1. The molecule has 1 saturated carbocycles. The van der Waals surface area contributed by atoms with Crippen molar-refractivity contribution in [2.45, 2.75) is 38.6 Å². The van der Waals surface area contributed by atoms with Crippen LogP contribution < -0.4 is 5.32 Å². The van der Waals surface area contributed by atoms with Crippen LogP contribution in [-0.2, 0) is 4.74 Å². The van der Waals surface area contributed by atoms with E-state index in [0.29, 0.717) is 35.0 Å². The summed E-state index contributed by atoms with van der Waals surface area (Å²) in [7, 11) is 0. The molecule has 0 spiro atoms. The third-order valence-electron chi connectivity index (χ3n) is 6.69. The predicted octanol–water partition coefficient (Wildman–Crippen LogP) is 5.95. The number of esters is 1. The number of hydrogen-bond acceptors (Lipinski definition) is 5. The monoisotopic (exact) mass is 497 g/mol. The molecule has 8 nitrogen and oxygen atoms in total. The number of benzene rings is 3. The molecule has 8 heteroatoms. The molecule has 3 aromatic carbocycles. The lowest BCUT2D eigenvalue weighted by molar-refractivity contribution is 0.0525. The molecular formula is C29H27N3O5. The number of ether oxygens (including phenoxy) is 1. The van der Waals surface area contributed by atoms with E-state index in [4.69, 9.17) is 9.72 Å². The van der Waals surface area contributed by atoms with E-state index >= 15 is 0 Å². The molecule has 1 fully saturated rings. The number of carboxylic acid groups (broad SMARTS) is 1. The fourth-order valence-electron chi connectivity index (χ4n) is 4.85. The molecule has 0 aliphatic heterocycles. The van der Waals surface area contributed by atoms with Crippen molar-refractivity contribution in [2.24, 2.45) is 0 Å². The van der Waals surface area contributed by atoms with Crippen LogP contribution in [0.5, 0.6) is 0 Å². The Morgan fingerprint density at radius 2 is 1.59 bits per heavy atom. The molecule has 0 bridgehead atoms. The van der Waals surface area contributed by atoms with Crippen molar-refractivity contribution in [2.75, 3.05) is 11.9 Å². The SMILES string of the molecule is CCOC(=O)c1ccc(NC(=O)c2ccc(-c3nc4cc(C(=O)O)ccc4n3C3CCCC3)cc2)cc1. The first-order valence-electron chi connectivity index (χ1n) is 12.4. The molecule has 1 aliphatic rings. The largest absolute Gasteiger partial charge is 0.478 e. The molecule has 1 amide bonds. The van der Waals surface area contributed by atoms with Gasteiger partial charge in [-0.15, -0.1) is 0 Å². The molecule has 0 radical (unpaired) electrons. The molecular weight excluding hydrogens is 470 g/mol. The second-order valence-corrected chi connectivity index (χ2v) is 9.08. The number of anilines is 1. The standard InChI is InChI=1S/C29H27N3O5/c1-2-37-29(36)20-11-14-22(15-12-20)30-27(33)19-9-7-18(8-10-19)26-31-24-17-21(28(34)35)13-16-25(24)32(26)23-5-3-4-6-23/h7-17,23H,2-6H2,1H3,(H,30,33)(H,34,35). The van der Waals surface area contributed by atoms with Gasteiger partial charge in [0.05, 0.1) is 28.8 Å². The van der Waals surface area contributed by atoms with E-state index in [-0.39, 0.29) is 11.5 Å². The van der Waals surface area contributed by atoms with Gasteiger partial charge in [0.1, 0.15) is 5.82 Å². The van der Waals surface area contributed by atoms with Crippen LogP contribution in [0.4, 0.5) is 5.69 Å². The van der Waals surface area contributed by atoms with E-state index in [2.05, 4.69) is 9.88 Å². The Morgan fingerprint density at radius 3 is 2.24 bits per heavy atom. The molecule has 0 saturated heterocycles. The number of imidazole rings is 1. The zero-order valence-corrected chi connectivity index (χ0v) is 20.4. The minimum atomic E-state index is -0.982. The third kappa shape index (κ3) is 4.95. The van der Waals surface area contributed by atoms with Crippen LogP contribution in [0.15, 0.2) is 66.7 Å². The van der Waals surface area contributed by atoms with Crippen LogP contribution in [0, 0.1) is 0 Å². The smallest absolute Gasteiger partial charge is 0.338 e. The van der Waals surface area contributed by atoms with Gasteiger partial charge in [-0.2, -0.15) is 0 Å². The summed E-state index contributed by atoms with van der Waals surface area (Å²) in [4.78, 5) is 40.9. The molecule has 0 unspecified atom stereocenters. The fourth-order valence-corrected chi connectivity index (χ4v) is 4.85. The Kier molecular flexibility index (Phi) is 6.72. The predicted molar refractivity (Wildman–Crippen MR) is 140 cm³/mol. The van der Waals surface area contributed by atoms with Gasteiger partial charge < -0.3 is 19.7 Å². The number of carbonyl (C=O) groups is 3. The van der Waals surface area contributed by atoms with Crippen molar-refractivity contribution >= 4 is 34.6 Å². The summed E-state index contributed by atoms with van der Waals surface area (Å²) in [5.74, 6) is -0.889. The van der Waals surface area contributed by atoms with Crippen LogP contribution in [0.2, 0.25) is 0 Å². The second-order valence-electron chi connectivity index (χ2n) is 9.08. The minimum absolute atomic E-state index is 0.206. The summed E-state index contributed by atoms with van der Waals surface area (Å²) in [5.41, 5.74) is 4.10. The first-order chi connectivity index (χ1) is 17.9. The maximum atomic E-state index is 12.8. The van der Waals surface area contributed by atoms with Crippen LogP contribution in [0.3, 0.4) is 0 Å². The number of nitrogens with one attached hydrogen (secondary N) is 1. The summed E-state index contributed by atoms with van der Waals surface area (Å²) < 4.78 is 7.20. The summed E-state index contributed by atoms with van der Waals surface area (Å²) in [6, 6.07) is 19.1. The Hall–Kier alpha value is -4.46. The Balaban J connectivity index is 1.40. The average molecular weight is 498 g/mol. The summed E-state index contributed by atoms with van der Waals surface area (Å²) >= 11 is 0. The Bertz CT molecular complexity index is 1470. The average Bonchev–Trinajstić information content (AvgIpc) is 3.56. The van der Waals surface area contributed by atoms with Gasteiger partial charge in [-0.05, 0) is 74.4 Å². The lowest BCUT2D eigenvalue weighted by atomic mass is 10.1. The summed E-state index contributed by atoms with van der Waals surface area (Å²) in [6.07, 6.45) is 4.40. The summed E-state index contributed by atoms with van der Waals surface area (Å²) in [6.45, 7) is 2.05. The van der Waals surface area contributed by atoms with Crippen LogP contribution in [-0.4, -0.2) is 39.1 Å². The van der Waals surface area contributed by atoms with Gasteiger partial charge in [-0.3, -0.25) is 4.79 Å². The van der Waals surface area contributed by atoms with E-state index in [1.807, 2.05) is 18.2 Å². The van der Waals surface area contributed by atoms with Crippen molar-refractivity contribution in [3.63, 3.8) is 0 Å². The lowest BCUT2D eigenvalue weighted by Gasteiger charge is -2.17. The number of carbonyl (C=O) groups excluding carboxylic acids is 2.